The first-order valence-electron chi connectivity index (χ1n) is 5.28. The van der Waals surface area contributed by atoms with Crippen LogP contribution >= 0.6 is 23.2 Å². The first kappa shape index (κ1) is 12.9. The van der Waals surface area contributed by atoms with Gasteiger partial charge in [0.2, 0.25) is 0 Å². The summed E-state index contributed by atoms with van der Waals surface area (Å²) in [6, 6.07) is 10.2. The molecule has 0 atom stereocenters. The number of carboxylic acid groups (broad SMARTS) is 1. The Kier molecular flexibility index (Phi) is 3.60. The summed E-state index contributed by atoms with van der Waals surface area (Å²) in [6.07, 6.45) is 0. The maximum atomic E-state index is 11.0. The summed E-state index contributed by atoms with van der Waals surface area (Å²) in [6.45, 7) is 1.92. The molecule has 18 heavy (non-hydrogen) atoms. The van der Waals surface area contributed by atoms with Crippen molar-refractivity contribution in [2.75, 3.05) is 0 Å². The molecular weight excluding hydrogens is 271 g/mol. The van der Waals surface area contributed by atoms with E-state index in [1.165, 1.54) is 6.07 Å². The largest absolute Gasteiger partial charge is 0.478 e. The van der Waals surface area contributed by atoms with Crippen LogP contribution in [0.15, 0.2) is 36.4 Å². The fourth-order valence-corrected chi connectivity index (χ4v) is 2.28. The van der Waals surface area contributed by atoms with E-state index in [9.17, 15) is 4.79 Å². The highest BCUT2D eigenvalue weighted by molar-refractivity contribution is 6.31. The minimum atomic E-state index is -0.995. The Morgan fingerprint density at radius 2 is 1.78 bits per heavy atom. The Morgan fingerprint density at radius 1 is 1.06 bits per heavy atom. The van der Waals surface area contributed by atoms with Gasteiger partial charge < -0.3 is 5.11 Å². The summed E-state index contributed by atoms with van der Waals surface area (Å²) >= 11 is 11.8. The lowest BCUT2D eigenvalue weighted by atomic mass is 9.99. The maximum absolute atomic E-state index is 11.0. The molecule has 0 radical (unpaired) electrons. The number of carboxylic acids is 1. The predicted molar refractivity (Wildman–Crippen MR) is 73.6 cm³/mol. The number of hydrogen-bond acceptors (Lipinski definition) is 1. The molecular formula is C14H10Cl2O2. The third-order valence-electron chi connectivity index (χ3n) is 2.64. The molecule has 0 amide bonds. The van der Waals surface area contributed by atoms with Crippen LogP contribution in [-0.4, -0.2) is 11.1 Å². The van der Waals surface area contributed by atoms with Crippen LogP contribution in [-0.2, 0) is 0 Å². The fraction of sp³-hybridized carbons (Fsp3) is 0.0714. The Balaban J connectivity index is 2.60. The summed E-state index contributed by atoms with van der Waals surface area (Å²) < 4.78 is 0. The van der Waals surface area contributed by atoms with Gasteiger partial charge in [-0.3, -0.25) is 0 Å². The molecule has 0 aromatic heterocycles. The van der Waals surface area contributed by atoms with Gasteiger partial charge in [-0.2, -0.15) is 0 Å². The Labute approximate surface area is 115 Å². The molecule has 2 nitrogen and oxygen atoms in total. The van der Waals surface area contributed by atoms with E-state index < -0.39 is 5.97 Å². The summed E-state index contributed by atoms with van der Waals surface area (Å²) in [7, 11) is 0. The van der Waals surface area contributed by atoms with Gasteiger partial charge in [-0.1, -0.05) is 29.3 Å². The Bertz CT molecular complexity index is 621. The van der Waals surface area contributed by atoms with Gasteiger partial charge in [0.05, 0.1) is 5.56 Å². The van der Waals surface area contributed by atoms with E-state index in [-0.39, 0.29) is 5.56 Å². The number of aromatic carboxylic acids is 1. The van der Waals surface area contributed by atoms with Crippen molar-refractivity contribution < 1.29 is 9.90 Å². The molecule has 0 saturated carbocycles. The highest BCUT2D eigenvalue weighted by Crippen LogP contribution is 2.29. The Morgan fingerprint density at radius 3 is 2.39 bits per heavy atom. The minimum Gasteiger partial charge on any atom is -0.478 e. The topological polar surface area (TPSA) is 37.3 Å². The number of carbonyl (C=O) groups is 1. The zero-order valence-electron chi connectivity index (χ0n) is 9.58. The van der Waals surface area contributed by atoms with Crippen molar-refractivity contribution in [3.63, 3.8) is 0 Å². The van der Waals surface area contributed by atoms with E-state index in [0.717, 1.165) is 16.7 Å². The second-order valence-corrected chi connectivity index (χ2v) is 4.87. The predicted octanol–water partition coefficient (Wildman–Crippen LogP) is 4.67. The molecule has 0 aliphatic rings. The molecule has 0 heterocycles. The maximum Gasteiger partial charge on any atom is 0.335 e. The molecule has 2 aromatic rings. The average molecular weight is 281 g/mol. The van der Waals surface area contributed by atoms with E-state index in [4.69, 9.17) is 28.3 Å². The van der Waals surface area contributed by atoms with Crippen molar-refractivity contribution in [3.05, 3.63) is 57.6 Å². The van der Waals surface area contributed by atoms with Gasteiger partial charge in [0.25, 0.3) is 0 Å². The number of aryl methyl sites for hydroxylation is 1. The lowest BCUT2D eigenvalue weighted by Crippen LogP contribution is -1.96. The zero-order valence-corrected chi connectivity index (χ0v) is 11.1. The van der Waals surface area contributed by atoms with Gasteiger partial charge in [-0.05, 0) is 53.9 Å². The minimum absolute atomic E-state index is 0.173. The molecule has 2 aromatic carbocycles. The van der Waals surface area contributed by atoms with Crippen LogP contribution < -0.4 is 0 Å². The normalized spacial score (nSPS) is 10.4. The summed E-state index contributed by atoms with van der Waals surface area (Å²) in [4.78, 5) is 11.0. The second-order valence-electron chi connectivity index (χ2n) is 3.99. The molecule has 0 bridgehead atoms. The Hall–Kier alpha value is -1.51. The SMILES string of the molecule is Cc1cc(Cl)ccc1-c1cc(Cl)cc(C(=O)O)c1. The van der Waals surface area contributed by atoms with Crippen LogP contribution in [0, 0.1) is 6.92 Å². The summed E-state index contributed by atoms with van der Waals surface area (Å²) in [5.41, 5.74) is 2.84. The molecule has 0 aliphatic heterocycles. The van der Waals surface area contributed by atoms with Crippen molar-refractivity contribution in [2.45, 2.75) is 6.92 Å². The van der Waals surface area contributed by atoms with Crippen molar-refractivity contribution in [2.24, 2.45) is 0 Å². The monoisotopic (exact) mass is 280 g/mol. The molecule has 92 valence electrons. The van der Waals surface area contributed by atoms with Crippen LogP contribution in [0.5, 0.6) is 0 Å². The van der Waals surface area contributed by atoms with Crippen LogP contribution in [0.4, 0.5) is 0 Å². The molecule has 0 fully saturated rings. The number of rotatable bonds is 2. The van der Waals surface area contributed by atoms with E-state index in [2.05, 4.69) is 0 Å². The van der Waals surface area contributed by atoms with Gasteiger partial charge in [-0.15, -0.1) is 0 Å². The van der Waals surface area contributed by atoms with Gasteiger partial charge in [0.1, 0.15) is 0 Å². The molecule has 0 aliphatic carbocycles. The van der Waals surface area contributed by atoms with Crippen LogP contribution in [0.2, 0.25) is 10.0 Å². The van der Waals surface area contributed by atoms with Crippen LogP contribution in [0.3, 0.4) is 0 Å². The molecule has 2 rings (SSSR count). The van der Waals surface area contributed by atoms with Gasteiger partial charge in [0.15, 0.2) is 0 Å². The summed E-state index contributed by atoms with van der Waals surface area (Å²) in [5, 5.41) is 10.1. The van der Waals surface area contributed by atoms with Crippen molar-refractivity contribution in [3.8, 4) is 11.1 Å². The van der Waals surface area contributed by atoms with Gasteiger partial charge >= 0.3 is 5.97 Å². The second kappa shape index (κ2) is 5.01. The fourth-order valence-electron chi connectivity index (χ4n) is 1.82. The summed E-state index contributed by atoms with van der Waals surface area (Å²) in [5.74, 6) is -0.995. The standard InChI is InChI=1S/C14H10Cl2O2/c1-8-4-11(15)2-3-13(8)9-5-10(14(17)18)7-12(16)6-9/h2-7H,1H3,(H,17,18). The first-order valence-corrected chi connectivity index (χ1v) is 6.03. The first-order chi connectivity index (χ1) is 8.47. The number of benzene rings is 2. The van der Waals surface area contributed by atoms with E-state index in [1.807, 2.05) is 19.1 Å². The van der Waals surface area contributed by atoms with Crippen molar-refractivity contribution in [1.29, 1.82) is 0 Å². The molecule has 4 heteroatoms. The van der Waals surface area contributed by atoms with Crippen molar-refractivity contribution >= 4 is 29.2 Å². The quantitative estimate of drug-likeness (QED) is 0.868. The molecule has 1 N–H and O–H groups in total. The van der Waals surface area contributed by atoms with Crippen LogP contribution in [0.1, 0.15) is 15.9 Å². The smallest absolute Gasteiger partial charge is 0.335 e. The molecule has 0 saturated heterocycles. The lowest BCUT2D eigenvalue weighted by molar-refractivity contribution is 0.0697. The lowest BCUT2D eigenvalue weighted by Gasteiger charge is -2.08. The van der Waals surface area contributed by atoms with Crippen molar-refractivity contribution in [1.82, 2.24) is 0 Å². The van der Waals surface area contributed by atoms with Gasteiger partial charge in [-0.25, -0.2) is 4.79 Å². The number of halogens is 2. The van der Waals surface area contributed by atoms with Gasteiger partial charge in [0, 0.05) is 10.0 Å². The molecule has 0 spiro atoms. The average Bonchev–Trinajstić information content (AvgIpc) is 2.27. The zero-order chi connectivity index (χ0) is 13.3. The number of hydrogen-bond donors (Lipinski definition) is 1. The third-order valence-corrected chi connectivity index (χ3v) is 3.10. The van der Waals surface area contributed by atoms with E-state index in [0.29, 0.717) is 10.0 Å². The van der Waals surface area contributed by atoms with Crippen LogP contribution in [0.25, 0.3) is 11.1 Å². The molecule has 0 unspecified atom stereocenters. The van der Waals surface area contributed by atoms with E-state index >= 15 is 0 Å². The third kappa shape index (κ3) is 2.66. The highest BCUT2D eigenvalue weighted by atomic mass is 35.5. The highest BCUT2D eigenvalue weighted by Gasteiger charge is 2.09. The van der Waals surface area contributed by atoms with E-state index in [1.54, 1.807) is 18.2 Å².